The topological polar surface area (TPSA) is 46.7 Å². The first-order valence-corrected chi connectivity index (χ1v) is 8.15. The molecule has 0 fully saturated rings. The molecule has 0 aliphatic carbocycles. The third-order valence-electron chi connectivity index (χ3n) is 3.48. The maximum Gasteiger partial charge on any atom is 0.275 e. The predicted molar refractivity (Wildman–Crippen MR) is 89.6 cm³/mol. The van der Waals surface area contributed by atoms with Crippen molar-refractivity contribution in [2.24, 2.45) is 0 Å². The zero-order chi connectivity index (χ0) is 16.1. The summed E-state index contributed by atoms with van der Waals surface area (Å²) in [6, 6.07) is 11.9. The number of carbonyl (C=O) groups excluding carboxylic acids is 1. The van der Waals surface area contributed by atoms with Gasteiger partial charge in [0.15, 0.2) is 12.3 Å². The van der Waals surface area contributed by atoms with Crippen LogP contribution in [0.3, 0.4) is 0 Å². The number of quaternary nitrogens is 1. The molecule has 1 aromatic heterocycles. The summed E-state index contributed by atoms with van der Waals surface area (Å²) in [5.74, 6) is 1.84. The molecule has 118 valence electrons. The zero-order valence-electron chi connectivity index (χ0n) is 13.2. The van der Waals surface area contributed by atoms with Crippen LogP contribution in [0.1, 0.15) is 30.0 Å². The van der Waals surface area contributed by atoms with Crippen LogP contribution in [0.4, 0.5) is 0 Å². The third kappa shape index (κ3) is 5.00. The number of hydrogen-bond acceptors (Lipinski definition) is 2. The molecule has 1 amide bonds. The van der Waals surface area contributed by atoms with Crippen LogP contribution >= 0.6 is 15.9 Å². The Morgan fingerprint density at radius 1 is 1.27 bits per heavy atom. The minimum Gasteiger partial charge on any atom is -0.460 e. The van der Waals surface area contributed by atoms with Crippen molar-refractivity contribution in [3.63, 3.8) is 0 Å². The van der Waals surface area contributed by atoms with Crippen molar-refractivity contribution >= 4 is 21.8 Å². The average molecular weight is 366 g/mol. The van der Waals surface area contributed by atoms with Gasteiger partial charge in [0, 0.05) is 4.47 Å². The maximum atomic E-state index is 12.1. The van der Waals surface area contributed by atoms with Gasteiger partial charge in [-0.15, -0.1) is 0 Å². The van der Waals surface area contributed by atoms with Gasteiger partial charge in [-0.3, -0.25) is 4.79 Å². The minimum atomic E-state index is -0.000688. The van der Waals surface area contributed by atoms with Gasteiger partial charge in [-0.05, 0) is 43.7 Å². The zero-order valence-corrected chi connectivity index (χ0v) is 14.7. The van der Waals surface area contributed by atoms with Gasteiger partial charge < -0.3 is 14.6 Å². The summed E-state index contributed by atoms with van der Waals surface area (Å²) in [6.07, 6.45) is 0. The van der Waals surface area contributed by atoms with Crippen molar-refractivity contribution in [1.29, 1.82) is 0 Å². The Morgan fingerprint density at radius 2 is 1.95 bits per heavy atom. The van der Waals surface area contributed by atoms with Gasteiger partial charge in [0.05, 0.1) is 13.1 Å². The monoisotopic (exact) mass is 365 g/mol. The SMILES string of the molecule is Cc1ccc(C[NH+](C)CC(=O)N[C@H](C)c2ccc(Br)cc2)o1. The van der Waals surface area contributed by atoms with E-state index in [2.05, 4.69) is 21.2 Å². The first-order chi connectivity index (χ1) is 10.4. The Labute approximate surface area is 139 Å². The fourth-order valence-corrected chi connectivity index (χ4v) is 2.61. The Bertz CT molecular complexity index is 622. The van der Waals surface area contributed by atoms with Gasteiger partial charge in [0.1, 0.15) is 12.3 Å². The van der Waals surface area contributed by atoms with Crippen LogP contribution in [0, 0.1) is 6.92 Å². The molecule has 5 heteroatoms. The molecule has 0 bridgehead atoms. The van der Waals surface area contributed by atoms with Crippen molar-refractivity contribution in [3.05, 3.63) is 58.0 Å². The Balaban J connectivity index is 1.82. The number of furan rings is 1. The summed E-state index contributed by atoms with van der Waals surface area (Å²) in [5, 5.41) is 3.03. The minimum absolute atomic E-state index is 0.000688. The van der Waals surface area contributed by atoms with E-state index in [0.717, 1.165) is 26.5 Å². The molecular formula is C17H22BrN2O2+. The van der Waals surface area contributed by atoms with E-state index >= 15 is 0 Å². The molecule has 0 saturated carbocycles. The second-order valence-electron chi connectivity index (χ2n) is 5.66. The second-order valence-corrected chi connectivity index (χ2v) is 6.58. The lowest BCUT2D eigenvalue weighted by molar-refractivity contribution is -0.886. The lowest BCUT2D eigenvalue weighted by Gasteiger charge is -2.17. The molecular weight excluding hydrogens is 344 g/mol. The fraction of sp³-hybridized carbons (Fsp3) is 0.353. The van der Waals surface area contributed by atoms with E-state index in [0.29, 0.717) is 13.1 Å². The molecule has 0 aliphatic heterocycles. The van der Waals surface area contributed by atoms with E-state index < -0.39 is 0 Å². The Hall–Kier alpha value is -1.59. The highest BCUT2D eigenvalue weighted by atomic mass is 79.9. The number of nitrogens with one attached hydrogen (secondary N) is 2. The fourth-order valence-electron chi connectivity index (χ4n) is 2.34. The summed E-state index contributed by atoms with van der Waals surface area (Å²) in [6.45, 7) is 5.03. The second kappa shape index (κ2) is 7.61. The molecule has 1 unspecified atom stereocenters. The van der Waals surface area contributed by atoms with Gasteiger partial charge in [-0.1, -0.05) is 28.1 Å². The van der Waals surface area contributed by atoms with E-state index in [4.69, 9.17) is 4.42 Å². The van der Waals surface area contributed by atoms with Crippen LogP contribution in [0.5, 0.6) is 0 Å². The summed E-state index contributed by atoms with van der Waals surface area (Å²) < 4.78 is 6.58. The molecule has 4 nitrogen and oxygen atoms in total. The highest BCUT2D eigenvalue weighted by molar-refractivity contribution is 9.10. The number of amides is 1. The highest BCUT2D eigenvalue weighted by Crippen LogP contribution is 2.16. The van der Waals surface area contributed by atoms with E-state index in [1.54, 1.807) is 0 Å². The molecule has 2 rings (SSSR count). The first kappa shape index (κ1) is 16.8. The van der Waals surface area contributed by atoms with E-state index in [1.807, 2.05) is 57.3 Å². The number of likely N-dealkylation sites (N-methyl/N-ethyl adjacent to an activating group) is 1. The van der Waals surface area contributed by atoms with Gasteiger partial charge in [0.2, 0.25) is 0 Å². The first-order valence-electron chi connectivity index (χ1n) is 7.35. The van der Waals surface area contributed by atoms with Crippen molar-refractivity contribution < 1.29 is 14.1 Å². The summed E-state index contributed by atoms with van der Waals surface area (Å²) in [7, 11) is 1.99. The lowest BCUT2D eigenvalue weighted by Crippen LogP contribution is -3.08. The van der Waals surface area contributed by atoms with Crippen molar-refractivity contribution in [3.8, 4) is 0 Å². The number of halogens is 1. The number of carbonyl (C=O) groups is 1. The van der Waals surface area contributed by atoms with E-state index in [-0.39, 0.29) is 11.9 Å². The molecule has 1 heterocycles. The van der Waals surface area contributed by atoms with Crippen molar-refractivity contribution in [2.45, 2.75) is 26.4 Å². The number of aryl methyl sites for hydroxylation is 1. The summed E-state index contributed by atoms with van der Waals surface area (Å²) >= 11 is 3.41. The lowest BCUT2D eigenvalue weighted by atomic mass is 10.1. The highest BCUT2D eigenvalue weighted by Gasteiger charge is 2.15. The van der Waals surface area contributed by atoms with Crippen LogP contribution in [0.2, 0.25) is 0 Å². The number of benzene rings is 1. The molecule has 2 N–H and O–H groups in total. The molecule has 2 atom stereocenters. The van der Waals surface area contributed by atoms with Crippen LogP contribution in [0.15, 0.2) is 45.3 Å². The quantitative estimate of drug-likeness (QED) is 0.824. The smallest absolute Gasteiger partial charge is 0.275 e. The number of hydrogen-bond donors (Lipinski definition) is 2. The molecule has 0 aliphatic rings. The van der Waals surface area contributed by atoms with Crippen molar-refractivity contribution in [2.75, 3.05) is 13.6 Å². The molecule has 0 saturated heterocycles. The number of rotatable bonds is 6. The van der Waals surface area contributed by atoms with Gasteiger partial charge >= 0.3 is 0 Å². The van der Waals surface area contributed by atoms with E-state index in [9.17, 15) is 4.79 Å². The molecule has 0 radical (unpaired) electrons. The van der Waals surface area contributed by atoms with Crippen LogP contribution in [-0.2, 0) is 11.3 Å². The summed E-state index contributed by atoms with van der Waals surface area (Å²) in [4.78, 5) is 13.2. The molecule has 0 spiro atoms. The third-order valence-corrected chi connectivity index (χ3v) is 4.01. The predicted octanol–water partition coefficient (Wildman–Crippen LogP) is 2.24. The largest absolute Gasteiger partial charge is 0.460 e. The van der Waals surface area contributed by atoms with Gasteiger partial charge in [-0.25, -0.2) is 0 Å². The Morgan fingerprint density at radius 3 is 2.55 bits per heavy atom. The summed E-state index contributed by atoms with van der Waals surface area (Å²) in [5.41, 5.74) is 1.09. The normalized spacial score (nSPS) is 13.6. The van der Waals surface area contributed by atoms with Crippen LogP contribution in [0.25, 0.3) is 0 Å². The maximum absolute atomic E-state index is 12.1. The van der Waals surface area contributed by atoms with E-state index in [1.165, 1.54) is 0 Å². The molecule has 22 heavy (non-hydrogen) atoms. The van der Waals surface area contributed by atoms with Crippen LogP contribution in [-0.4, -0.2) is 19.5 Å². The standard InChI is InChI=1S/C17H21BrN2O2/c1-12-4-9-16(22-12)10-20(3)11-17(21)19-13(2)14-5-7-15(18)8-6-14/h4-9,13H,10-11H2,1-3H3,(H,19,21)/p+1/t13-/m1/s1. The average Bonchev–Trinajstić information content (AvgIpc) is 2.84. The Kier molecular flexibility index (Phi) is 5.80. The van der Waals surface area contributed by atoms with Gasteiger partial charge in [0.25, 0.3) is 5.91 Å². The van der Waals surface area contributed by atoms with Crippen molar-refractivity contribution in [1.82, 2.24) is 5.32 Å². The van der Waals surface area contributed by atoms with Gasteiger partial charge in [-0.2, -0.15) is 0 Å². The molecule has 1 aromatic carbocycles. The van der Waals surface area contributed by atoms with Crippen LogP contribution < -0.4 is 10.2 Å². The molecule has 2 aromatic rings.